The number of nitrogens with zero attached hydrogens (tertiary/aromatic N) is 1. The van der Waals surface area contributed by atoms with Gasteiger partial charge in [0.05, 0.1) is 0 Å². The zero-order chi connectivity index (χ0) is 14.1. The SMILES string of the molecule is CC/C=C\CCC1CC1CN(CCCC)C(=O)CC. The van der Waals surface area contributed by atoms with E-state index < -0.39 is 0 Å². The van der Waals surface area contributed by atoms with Gasteiger partial charge in [-0.3, -0.25) is 4.79 Å². The van der Waals surface area contributed by atoms with E-state index in [4.69, 9.17) is 0 Å². The van der Waals surface area contributed by atoms with E-state index >= 15 is 0 Å². The molecule has 1 saturated carbocycles. The Balaban J connectivity index is 2.24. The van der Waals surface area contributed by atoms with Crippen molar-refractivity contribution in [2.45, 2.75) is 65.7 Å². The van der Waals surface area contributed by atoms with Crippen molar-refractivity contribution in [2.75, 3.05) is 13.1 Å². The van der Waals surface area contributed by atoms with Crippen LogP contribution in [0.2, 0.25) is 0 Å². The van der Waals surface area contributed by atoms with Gasteiger partial charge < -0.3 is 4.90 Å². The molecule has 2 heteroatoms. The predicted molar refractivity (Wildman–Crippen MR) is 82.0 cm³/mol. The van der Waals surface area contributed by atoms with E-state index in [2.05, 4.69) is 30.9 Å². The summed E-state index contributed by atoms with van der Waals surface area (Å²) in [6.07, 6.45) is 12.5. The van der Waals surface area contributed by atoms with Gasteiger partial charge in [-0.1, -0.05) is 39.3 Å². The van der Waals surface area contributed by atoms with E-state index in [1.165, 1.54) is 25.7 Å². The van der Waals surface area contributed by atoms with E-state index in [9.17, 15) is 4.79 Å². The van der Waals surface area contributed by atoms with E-state index in [1.54, 1.807) is 0 Å². The second kappa shape index (κ2) is 9.17. The summed E-state index contributed by atoms with van der Waals surface area (Å²) in [5.74, 6) is 1.99. The highest BCUT2D eigenvalue weighted by Gasteiger charge is 2.37. The molecule has 19 heavy (non-hydrogen) atoms. The van der Waals surface area contributed by atoms with Crippen molar-refractivity contribution in [2.24, 2.45) is 11.8 Å². The summed E-state index contributed by atoms with van der Waals surface area (Å²) in [7, 11) is 0. The fourth-order valence-electron chi connectivity index (χ4n) is 2.66. The molecule has 0 aromatic carbocycles. The average Bonchev–Trinajstić information content (AvgIpc) is 3.17. The van der Waals surface area contributed by atoms with Crippen molar-refractivity contribution in [3.63, 3.8) is 0 Å². The summed E-state index contributed by atoms with van der Waals surface area (Å²) in [4.78, 5) is 14.0. The van der Waals surface area contributed by atoms with Crippen LogP contribution in [0.15, 0.2) is 12.2 Å². The molecule has 0 N–H and O–H groups in total. The van der Waals surface area contributed by atoms with Gasteiger partial charge in [-0.25, -0.2) is 0 Å². The molecule has 0 aromatic rings. The molecule has 0 aromatic heterocycles. The van der Waals surface area contributed by atoms with Crippen LogP contribution in [0.4, 0.5) is 0 Å². The first-order valence-corrected chi connectivity index (χ1v) is 8.15. The standard InChI is InChI=1S/C17H31NO/c1-4-7-9-10-11-15-13-16(15)14-18(12-8-5-2)17(19)6-3/h7,9,15-16H,4-6,8,10-14H2,1-3H3/b9-7-. The van der Waals surface area contributed by atoms with Gasteiger partial charge in [-0.05, 0) is 43.9 Å². The minimum Gasteiger partial charge on any atom is -0.342 e. The lowest BCUT2D eigenvalue weighted by molar-refractivity contribution is -0.131. The molecule has 1 aliphatic carbocycles. The van der Waals surface area contributed by atoms with Crippen molar-refractivity contribution in [3.8, 4) is 0 Å². The Morgan fingerprint density at radius 3 is 2.63 bits per heavy atom. The molecule has 2 atom stereocenters. The molecular weight excluding hydrogens is 234 g/mol. The minimum atomic E-state index is 0.338. The smallest absolute Gasteiger partial charge is 0.222 e. The Morgan fingerprint density at radius 2 is 2.00 bits per heavy atom. The summed E-state index contributed by atoms with van der Waals surface area (Å²) in [6, 6.07) is 0. The first kappa shape index (κ1) is 16.3. The van der Waals surface area contributed by atoms with Crippen LogP contribution in [-0.2, 0) is 4.79 Å². The summed E-state index contributed by atoms with van der Waals surface area (Å²) in [6.45, 7) is 8.31. The maximum atomic E-state index is 11.9. The van der Waals surface area contributed by atoms with Crippen molar-refractivity contribution in [1.82, 2.24) is 4.90 Å². The Labute approximate surface area is 119 Å². The highest BCUT2D eigenvalue weighted by atomic mass is 16.2. The van der Waals surface area contributed by atoms with Gasteiger partial charge in [-0.2, -0.15) is 0 Å². The van der Waals surface area contributed by atoms with Gasteiger partial charge in [0.2, 0.25) is 5.91 Å². The number of rotatable bonds is 10. The third-order valence-corrected chi connectivity index (χ3v) is 4.07. The fraction of sp³-hybridized carbons (Fsp3) is 0.824. The van der Waals surface area contributed by atoms with Crippen molar-refractivity contribution >= 4 is 5.91 Å². The summed E-state index contributed by atoms with van der Waals surface area (Å²) < 4.78 is 0. The molecule has 0 spiro atoms. The van der Waals surface area contributed by atoms with Crippen molar-refractivity contribution in [1.29, 1.82) is 0 Å². The second-order valence-electron chi connectivity index (χ2n) is 5.76. The Kier molecular flexibility index (Phi) is 7.85. The van der Waals surface area contributed by atoms with E-state index in [0.29, 0.717) is 12.3 Å². The quantitative estimate of drug-likeness (QED) is 0.536. The van der Waals surface area contributed by atoms with Gasteiger partial charge in [0.1, 0.15) is 0 Å². The van der Waals surface area contributed by atoms with Crippen molar-refractivity contribution < 1.29 is 4.79 Å². The monoisotopic (exact) mass is 265 g/mol. The van der Waals surface area contributed by atoms with Crippen LogP contribution in [0, 0.1) is 11.8 Å². The Bertz CT molecular complexity index is 285. The molecule has 2 nitrogen and oxygen atoms in total. The van der Waals surface area contributed by atoms with Crippen LogP contribution in [0.3, 0.4) is 0 Å². The maximum absolute atomic E-state index is 11.9. The number of hydrogen-bond donors (Lipinski definition) is 0. The summed E-state index contributed by atoms with van der Waals surface area (Å²) >= 11 is 0. The molecule has 0 bridgehead atoms. The number of unbranched alkanes of at least 4 members (excludes halogenated alkanes) is 1. The highest BCUT2D eigenvalue weighted by Crippen LogP contribution is 2.42. The van der Waals surface area contributed by atoms with Crippen LogP contribution < -0.4 is 0 Å². The predicted octanol–water partition coefficient (Wildman–Crippen LogP) is 4.41. The number of hydrogen-bond acceptors (Lipinski definition) is 1. The van der Waals surface area contributed by atoms with Gasteiger partial charge >= 0.3 is 0 Å². The fourth-order valence-corrected chi connectivity index (χ4v) is 2.66. The molecule has 1 amide bonds. The van der Waals surface area contributed by atoms with Crippen LogP contribution in [0.25, 0.3) is 0 Å². The molecule has 0 radical (unpaired) electrons. The molecular formula is C17H31NO. The second-order valence-corrected chi connectivity index (χ2v) is 5.76. The van der Waals surface area contributed by atoms with Gasteiger partial charge in [0.15, 0.2) is 0 Å². The van der Waals surface area contributed by atoms with E-state index in [1.807, 2.05) is 6.92 Å². The first-order chi connectivity index (χ1) is 9.22. The maximum Gasteiger partial charge on any atom is 0.222 e. The topological polar surface area (TPSA) is 20.3 Å². The molecule has 0 heterocycles. The molecule has 110 valence electrons. The average molecular weight is 265 g/mol. The Morgan fingerprint density at radius 1 is 1.21 bits per heavy atom. The normalized spacial score (nSPS) is 21.8. The van der Waals surface area contributed by atoms with Gasteiger partial charge in [0.25, 0.3) is 0 Å². The lowest BCUT2D eigenvalue weighted by Gasteiger charge is -2.22. The minimum absolute atomic E-state index is 0.338. The molecule has 2 unspecified atom stereocenters. The number of carbonyl (C=O) groups excluding carboxylic acids is 1. The third-order valence-electron chi connectivity index (χ3n) is 4.07. The molecule has 0 aliphatic heterocycles. The van der Waals surface area contributed by atoms with E-state index in [0.717, 1.165) is 37.8 Å². The summed E-state index contributed by atoms with van der Waals surface area (Å²) in [5.41, 5.74) is 0. The van der Waals surface area contributed by atoms with Crippen LogP contribution in [-0.4, -0.2) is 23.9 Å². The zero-order valence-electron chi connectivity index (χ0n) is 13.0. The first-order valence-electron chi connectivity index (χ1n) is 8.15. The molecule has 1 rings (SSSR count). The van der Waals surface area contributed by atoms with E-state index in [-0.39, 0.29) is 0 Å². The van der Waals surface area contributed by atoms with Gasteiger partial charge in [0, 0.05) is 19.5 Å². The third kappa shape index (κ3) is 6.26. The van der Waals surface area contributed by atoms with Crippen LogP contribution in [0.5, 0.6) is 0 Å². The molecule has 1 fully saturated rings. The molecule has 0 saturated heterocycles. The van der Waals surface area contributed by atoms with Gasteiger partial charge in [-0.15, -0.1) is 0 Å². The Hall–Kier alpha value is -0.790. The van der Waals surface area contributed by atoms with Crippen LogP contribution in [0.1, 0.15) is 65.7 Å². The number of amides is 1. The number of carbonyl (C=O) groups is 1. The number of allylic oxidation sites excluding steroid dienone is 2. The molecule has 1 aliphatic rings. The summed E-state index contributed by atoms with van der Waals surface area (Å²) in [5, 5.41) is 0. The lowest BCUT2D eigenvalue weighted by Crippen LogP contribution is -2.33. The van der Waals surface area contributed by atoms with Crippen LogP contribution >= 0.6 is 0 Å². The lowest BCUT2D eigenvalue weighted by atomic mass is 10.1. The zero-order valence-corrected chi connectivity index (χ0v) is 13.0. The van der Waals surface area contributed by atoms with Crippen molar-refractivity contribution in [3.05, 3.63) is 12.2 Å². The highest BCUT2D eigenvalue weighted by molar-refractivity contribution is 5.75. The largest absolute Gasteiger partial charge is 0.342 e.